The smallest absolute Gasteiger partial charge is 0.205 e. The predicted octanol–water partition coefficient (Wildman–Crippen LogP) is 3.69. The Morgan fingerprint density at radius 2 is 1.75 bits per heavy atom. The molecule has 0 aliphatic carbocycles. The van der Waals surface area contributed by atoms with Crippen molar-refractivity contribution in [2.45, 2.75) is 5.92 Å². The molecule has 0 unspecified atom stereocenters. The monoisotopic (exact) mass is 333 g/mol. The fourth-order valence-corrected chi connectivity index (χ4v) is 3.73. The first-order valence-electron chi connectivity index (χ1n) is 7.95. The molecule has 0 atom stereocenters. The third-order valence-corrected chi connectivity index (χ3v) is 5.17. The number of hydrogen-bond acceptors (Lipinski definition) is 5. The summed E-state index contributed by atoms with van der Waals surface area (Å²) in [5.74, 6) is 2.31. The van der Waals surface area contributed by atoms with Gasteiger partial charge in [0.05, 0.1) is 17.0 Å². The van der Waals surface area contributed by atoms with Crippen LogP contribution < -0.4 is 4.90 Å². The van der Waals surface area contributed by atoms with E-state index in [-0.39, 0.29) is 0 Å². The largest absolute Gasteiger partial charge is 0.345 e. The highest BCUT2D eigenvalue weighted by atomic mass is 32.1. The van der Waals surface area contributed by atoms with Gasteiger partial charge < -0.3 is 9.88 Å². The van der Waals surface area contributed by atoms with E-state index < -0.39 is 0 Å². The van der Waals surface area contributed by atoms with E-state index in [9.17, 15) is 0 Å². The maximum Gasteiger partial charge on any atom is 0.205 e. The van der Waals surface area contributed by atoms with E-state index in [1.807, 2.05) is 48.5 Å². The number of H-pyrrole nitrogens is 1. The van der Waals surface area contributed by atoms with Crippen LogP contribution in [0.5, 0.6) is 0 Å². The molecule has 2 aromatic carbocycles. The molecule has 4 aromatic rings. The van der Waals surface area contributed by atoms with E-state index in [1.165, 1.54) is 11.5 Å². The van der Waals surface area contributed by atoms with Crippen molar-refractivity contribution in [1.29, 1.82) is 0 Å². The van der Waals surface area contributed by atoms with Gasteiger partial charge in [-0.1, -0.05) is 42.5 Å². The Morgan fingerprint density at radius 1 is 0.958 bits per heavy atom. The second-order valence-corrected chi connectivity index (χ2v) is 6.74. The molecule has 3 heterocycles. The zero-order valence-corrected chi connectivity index (χ0v) is 13.7. The molecule has 5 rings (SSSR count). The lowest BCUT2D eigenvalue weighted by Gasteiger charge is -2.37. The Morgan fingerprint density at radius 3 is 2.58 bits per heavy atom. The van der Waals surface area contributed by atoms with Gasteiger partial charge in [-0.2, -0.15) is 9.36 Å². The summed E-state index contributed by atoms with van der Waals surface area (Å²) in [4.78, 5) is 15.1. The van der Waals surface area contributed by atoms with Gasteiger partial charge in [0, 0.05) is 30.2 Å². The average molecular weight is 333 g/mol. The minimum absolute atomic E-state index is 0.432. The van der Waals surface area contributed by atoms with E-state index in [1.54, 1.807) is 0 Å². The number of nitrogens with one attached hydrogen (secondary N) is 1. The number of para-hydroxylation sites is 2. The summed E-state index contributed by atoms with van der Waals surface area (Å²) < 4.78 is 4.49. The van der Waals surface area contributed by atoms with Gasteiger partial charge in [-0.3, -0.25) is 0 Å². The number of anilines is 1. The van der Waals surface area contributed by atoms with Gasteiger partial charge in [0.2, 0.25) is 5.13 Å². The molecule has 1 aliphatic rings. The molecule has 0 radical (unpaired) electrons. The Labute approximate surface area is 143 Å². The third kappa shape index (κ3) is 2.27. The van der Waals surface area contributed by atoms with Gasteiger partial charge in [0.25, 0.3) is 0 Å². The van der Waals surface area contributed by atoms with Crippen molar-refractivity contribution in [1.82, 2.24) is 19.3 Å². The lowest BCUT2D eigenvalue weighted by molar-refractivity contribution is 0.505. The standard InChI is InChI=1S/C18H15N5S/c1-2-6-12(7-3-1)17-21-18(24-22-17)23-10-13(11-23)16-19-14-8-4-5-9-15(14)20-16/h1-9,13H,10-11H2,(H,19,20). The second-order valence-electron chi connectivity index (χ2n) is 6.01. The Hall–Kier alpha value is -2.73. The van der Waals surface area contributed by atoms with Gasteiger partial charge in [0.1, 0.15) is 5.82 Å². The molecule has 2 aromatic heterocycles. The molecule has 1 saturated heterocycles. The molecule has 0 saturated carbocycles. The van der Waals surface area contributed by atoms with Crippen LogP contribution in [0.3, 0.4) is 0 Å². The van der Waals surface area contributed by atoms with E-state index in [4.69, 9.17) is 4.98 Å². The quantitative estimate of drug-likeness (QED) is 0.621. The van der Waals surface area contributed by atoms with Crippen LogP contribution in [-0.4, -0.2) is 32.4 Å². The van der Waals surface area contributed by atoms with Crippen LogP contribution in [0, 0.1) is 0 Å². The lowest BCUT2D eigenvalue weighted by Crippen LogP contribution is -2.45. The van der Waals surface area contributed by atoms with E-state index >= 15 is 0 Å². The molecule has 1 N–H and O–H groups in total. The number of nitrogens with zero attached hydrogens (tertiary/aromatic N) is 4. The van der Waals surface area contributed by atoms with Gasteiger partial charge in [-0.25, -0.2) is 4.98 Å². The van der Waals surface area contributed by atoms with Crippen molar-refractivity contribution in [2.24, 2.45) is 0 Å². The number of rotatable bonds is 3. The molecule has 1 aliphatic heterocycles. The second kappa shape index (κ2) is 5.42. The van der Waals surface area contributed by atoms with E-state index in [0.717, 1.165) is 46.5 Å². The number of aromatic amines is 1. The highest BCUT2D eigenvalue weighted by Crippen LogP contribution is 2.33. The van der Waals surface area contributed by atoms with Gasteiger partial charge in [-0.15, -0.1) is 0 Å². The van der Waals surface area contributed by atoms with Gasteiger partial charge >= 0.3 is 0 Å². The minimum Gasteiger partial charge on any atom is -0.345 e. The Balaban J connectivity index is 1.32. The number of imidazole rings is 1. The summed E-state index contributed by atoms with van der Waals surface area (Å²) in [5, 5.41) is 0.987. The maximum atomic E-state index is 4.70. The van der Waals surface area contributed by atoms with Crippen LogP contribution in [0.2, 0.25) is 0 Å². The molecule has 24 heavy (non-hydrogen) atoms. The van der Waals surface area contributed by atoms with Gasteiger partial charge in [-0.05, 0) is 12.1 Å². The first-order chi connectivity index (χ1) is 11.9. The van der Waals surface area contributed by atoms with Crippen molar-refractivity contribution in [3.8, 4) is 11.4 Å². The topological polar surface area (TPSA) is 57.7 Å². The molecule has 6 heteroatoms. The average Bonchev–Trinajstić information content (AvgIpc) is 3.21. The van der Waals surface area contributed by atoms with Crippen LogP contribution in [0.1, 0.15) is 11.7 Å². The van der Waals surface area contributed by atoms with Crippen LogP contribution >= 0.6 is 11.5 Å². The number of hydrogen-bond donors (Lipinski definition) is 1. The fourth-order valence-electron chi connectivity index (χ4n) is 3.02. The molecule has 5 nitrogen and oxygen atoms in total. The molecule has 0 amide bonds. The van der Waals surface area contributed by atoms with Gasteiger partial charge in [0.15, 0.2) is 5.82 Å². The lowest BCUT2D eigenvalue weighted by atomic mass is 10.0. The Kier molecular flexibility index (Phi) is 3.09. The van der Waals surface area contributed by atoms with Crippen molar-refractivity contribution in [2.75, 3.05) is 18.0 Å². The first-order valence-corrected chi connectivity index (χ1v) is 8.73. The summed E-state index contributed by atoms with van der Waals surface area (Å²) in [7, 11) is 0. The van der Waals surface area contributed by atoms with Crippen LogP contribution in [0.25, 0.3) is 22.4 Å². The van der Waals surface area contributed by atoms with Crippen LogP contribution in [0.15, 0.2) is 54.6 Å². The molecule has 118 valence electrons. The normalized spacial score (nSPS) is 14.9. The Bertz CT molecular complexity index is 952. The van der Waals surface area contributed by atoms with E-state index in [2.05, 4.69) is 25.3 Å². The number of fused-ring (bicyclic) bond motifs is 1. The molecular weight excluding hydrogens is 318 g/mol. The zero-order valence-electron chi connectivity index (χ0n) is 12.9. The SMILES string of the molecule is c1ccc(-c2nsc(N3CC(c4nc5ccccc5[nH]4)C3)n2)cc1. The number of aromatic nitrogens is 4. The highest BCUT2D eigenvalue weighted by Gasteiger charge is 2.32. The van der Waals surface area contributed by atoms with Crippen LogP contribution in [-0.2, 0) is 0 Å². The zero-order chi connectivity index (χ0) is 15.9. The first kappa shape index (κ1) is 13.7. The highest BCUT2D eigenvalue weighted by molar-refractivity contribution is 7.09. The van der Waals surface area contributed by atoms with Crippen molar-refractivity contribution >= 4 is 27.7 Å². The molecular formula is C18H15N5S. The summed E-state index contributed by atoms with van der Waals surface area (Å²) in [5.41, 5.74) is 3.20. The van der Waals surface area contributed by atoms with Crippen molar-refractivity contribution in [3.05, 3.63) is 60.4 Å². The summed E-state index contributed by atoms with van der Waals surface area (Å²) in [6, 6.07) is 18.3. The maximum absolute atomic E-state index is 4.70. The van der Waals surface area contributed by atoms with Crippen molar-refractivity contribution < 1.29 is 0 Å². The molecule has 0 bridgehead atoms. The fraction of sp³-hybridized carbons (Fsp3) is 0.167. The number of benzene rings is 2. The molecule has 1 fully saturated rings. The predicted molar refractivity (Wildman–Crippen MR) is 96.4 cm³/mol. The summed E-state index contributed by atoms with van der Waals surface area (Å²) in [6.45, 7) is 1.87. The third-order valence-electron chi connectivity index (χ3n) is 4.39. The summed E-state index contributed by atoms with van der Waals surface area (Å²) in [6.07, 6.45) is 0. The molecule has 0 spiro atoms. The van der Waals surface area contributed by atoms with Crippen LogP contribution in [0.4, 0.5) is 5.13 Å². The minimum atomic E-state index is 0.432. The van der Waals surface area contributed by atoms with E-state index in [0.29, 0.717) is 5.92 Å². The van der Waals surface area contributed by atoms with Crippen molar-refractivity contribution in [3.63, 3.8) is 0 Å². The summed E-state index contributed by atoms with van der Waals surface area (Å²) >= 11 is 1.46.